The Morgan fingerprint density at radius 3 is 2.55 bits per heavy atom. The van der Waals surface area contributed by atoms with E-state index in [2.05, 4.69) is 5.92 Å². The standard InChI is InChI=1S/C18H13NO/c1-3-13-12-15-10-7-11-16(20-2)18(15)19-17(13)14-8-5-4-6-9-14/h1,4-12H,2H3. The fourth-order valence-electron chi connectivity index (χ4n) is 2.26. The van der Waals surface area contributed by atoms with E-state index in [1.54, 1.807) is 7.11 Å². The average Bonchev–Trinajstić information content (AvgIpc) is 2.53. The van der Waals surface area contributed by atoms with E-state index in [9.17, 15) is 0 Å². The minimum atomic E-state index is 0.753. The summed E-state index contributed by atoms with van der Waals surface area (Å²) in [6.45, 7) is 0. The maximum absolute atomic E-state index is 5.63. The lowest BCUT2D eigenvalue weighted by Crippen LogP contribution is -1.93. The molecule has 0 saturated carbocycles. The van der Waals surface area contributed by atoms with Crippen LogP contribution in [0.25, 0.3) is 22.2 Å². The van der Waals surface area contributed by atoms with E-state index in [1.807, 2.05) is 54.6 Å². The van der Waals surface area contributed by atoms with Gasteiger partial charge in [-0.1, -0.05) is 48.4 Å². The van der Waals surface area contributed by atoms with Crippen molar-refractivity contribution in [1.29, 1.82) is 0 Å². The van der Waals surface area contributed by atoms with Gasteiger partial charge in [-0.2, -0.15) is 0 Å². The molecule has 1 aromatic heterocycles. The molecular formula is C18H13NO. The number of pyridine rings is 1. The predicted molar refractivity (Wildman–Crippen MR) is 81.7 cm³/mol. The Kier molecular flexibility index (Phi) is 3.10. The van der Waals surface area contributed by atoms with Gasteiger partial charge in [0.15, 0.2) is 0 Å². The fourth-order valence-corrected chi connectivity index (χ4v) is 2.26. The van der Waals surface area contributed by atoms with Gasteiger partial charge in [-0.25, -0.2) is 4.98 Å². The van der Waals surface area contributed by atoms with Gasteiger partial charge in [0.2, 0.25) is 0 Å². The van der Waals surface area contributed by atoms with Crippen LogP contribution in [0.3, 0.4) is 0 Å². The molecule has 0 fully saturated rings. The van der Waals surface area contributed by atoms with Gasteiger partial charge in [0, 0.05) is 10.9 Å². The molecule has 1 heterocycles. The van der Waals surface area contributed by atoms with E-state index in [4.69, 9.17) is 16.1 Å². The van der Waals surface area contributed by atoms with Crippen molar-refractivity contribution in [3.05, 3.63) is 60.2 Å². The normalized spacial score (nSPS) is 10.2. The van der Waals surface area contributed by atoms with Gasteiger partial charge >= 0.3 is 0 Å². The number of methoxy groups -OCH3 is 1. The molecule has 0 saturated heterocycles. The minimum Gasteiger partial charge on any atom is -0.494 e. The maximum Gasteiger partial charge on any atom is 0.145 e. The third-order valence-electron chi connectivity index (χ3n) is 3.23. The van der Waals surface area contributed by atoms with Gasteiger partial charge in [0.25, 0.3) is 0 Å². The van der Waals surface area contributed by atoms with E-state index >= 15 is 0 Å². The zero-order valence-electron chi connectivity index (χ0n) is 11.1. The topological polar surface area (TPSA) is 22.1 Å². The highest BCUT2D eigenvalue weighted by atomic mass is 16.5. The van der Waals surface area contributed by atoms with E-state index in [-0.39, 0.29) is 0 Å². The third-order valence-corrected chi connectivity index (χ3v) is 3.23. The van der Waals surface area contributed by atoms with Crippen molar-refractivity contribution >= 4 is 10.9 Å². The van der Waals surface area contributed by atoms with Crippen LogP contribution in [0, 0.1) is 12.3 Å². The number of benzene rings is 2. The van der Waals surface area contributed by atoms with Crippen molar-refractivity contribution in [2.75, 3.05) is 7.11 Å². The summed E-state index contributed by atoms with van der Waals surface area (Å²) in [5, 5.41) is 0.983. The summed E-state index contributed by atoms with van der Waals surface area (Å²) in [6.07, 6.45) is 5.63. The van der Waals surface area contributed by atoms with Gasteiger partial charge in [0.1, 0.15) is 11.3 Å². The van der Waals surface area contributed by atoms with Crippen molar-refractivity contribution in [3.63, 3.8) is 0 Å². The molecule has 0 aliphatic rings. The van der Waals surface area contributed by atoms with Gasteiger partial charge < -0.3 is 4.74 Å². The van der Waals surface area contributed by atoms with Gasteiger partial charge in [0.05, 0.1) is 18.4 Å². The molecule has 0 atom stereocenters. The summed E-state index contributed by atoms with van der Waals surface area (Å²) < 4.78 is 5.38. The van der Waals surface area contributed by atoms with Crippen LogP contribution in [0.1, 0.15) is 5.56 Å². The van der Waals surface area contributed by atoms with Crippen LogP contribution in [0.15, 0.2) is 54.6 Å². The van der Waals surface area contributed by atoms with Crippen molar-refractivity contribution < 1.29 is 4.74 Å². The molecule has 3 aromatic rings. The fraction of sp³-hybridized carbons (Fsp3) is 0.0556. The van der Waals surface area contributed by atoms with Gasteiger partial charge in [-0.15, -0.1) is 6.42 Å². The molecule has 2 aromatic carbocycles. The molecule has 0 aliphatic heterocycles. The number of aromatic nitrogens is 1. The van der Waals surface area contributed by atoms with E-state index < -0.39 is 0 Å². The number of hydrogen-bond donors (Lipinski definition) is 0. The van der Waals surface area contributed by atoms with Gasteiger partial charge in [-0.3, -0.25) is 0 Å². The lowest BCUT2D eigenvalue weighted by Gasteiger charge is -2.09. The number of fused-ring (bicyclic) bond motifs is 1. The first-order valence-corrected chi connectivity index (χ1v) is 6.33. The number of rotatable bonds is 2. The van der Waals surface area contributed by atoms with Gasteiger partial charge in [-0.05, 0) is 12.1 Å². The Morgan fingerprint density at radius 1 is 1.05 bits per heavy atom. The van der Waals surface area contributed by atoms with Crippen molar-refractivity contribution in [1.82, 2.24) is 4.98 Å². The zero-order chi connectivity index (χ0) is 13.9. The monoisotopic (exact) mass is 259 g/mol. The van der Waals surface area contributed by atoms with Crippen molar-refractivity contribution in [2.45, 2.75) is 0 Å². The van der Waals surface area contributed by atoms with Crippen LogP contribution in [0.2, 0.25) is 0 Å². The third kappa shape index (κ3) is 2.00. The first-order valence-electron chi connectivity index (χ1n) is 6.33. The van der Waals surface area contributed by atoms with Crippen LogP contribution in [0.5, 0.6) is 5.75 Å². The van der Waals surface area contributed by atoms with Crippen molar-refractivity contribution in [2.24, 2.45) is 0 Å². The maximum atomic E-state index is 5.63. The highest BCUT2D eigenvalue weighted by Crippen LogP contribution is 2.29. The van der Waals surface area contributed by atoms with Crippen LogP contribution in [-0.4, -0.2) is 12.1 Å². The highest BCUT2D eigenvalue weighted by molar-refractivity contribution is 5.89. The first-order chi connectivity index (χ1) is 9.83. The minimum absolute atomic E-state index is 0.753. The van der Waals surface area contributed by atoms with E-state index in [0.29, 0.717) is 0 Å². The number of para-hydroxylation sites is 1. The summed E-state index contributed by atoms with van der Waals surface area (Å²) in [5.74, 6) is 3.47. The Bertz CT molecular complexity index is 801. The predicted octanol–water partition coefficient (Wildman–Crippen LogP) is 3.89. The van der Waals surface area contributed by atoms with Crippen LogP contribution < -0.4 is 4.74 Å². The summed E-state index contributed by atoms with van der Waals surface area (Å²) >= 11 is 0. The summed E-state index contributed by atoms with van der Waals surface area (Å²) in [7, 11) is 1.65. The second kappa shape index (κ2) is 5.07. The van der Waals surface area contributed by atoms with Crippen molar-refractivity contribution in [3.8, 4) is 29.4 Å². The number of terminal acetylenes is 1. The largest absolute Gasteiger partial charge is 0.494 e. The highest BCUT2D eigenvalue weighted by Gasteiger charge is 2.10. The molecule has 0 bridgehead atoms. The Morgan fingerprint density at radius 2 is 1.85 bits per heavy atom. The lowest BCUT2D eigenvalue weighted by atomic mass is 10.0. The Balaban J connectivity index is 2.34. The number of ether oxygens (including phenoxy) is 1. The Hall–Kier alpha value is -2.79. The molecule has 0 N–H and O–H groups in total. The summed E-state index contributed by atoms with van der Waals surface area (Å²) in [4.78, 5) is 4.72. The lowest BCUT2D eigenvalue weighted by molar-refractivity contribution is 0.419. The molecule has 96 valence electrons. The zero-order valence-corrected chi connectivity index (χ0v) is 11.1. The molecule has 20 heavy (non-hydrogen) atoms. The molecule has 0 spiro atoms. The second-order valence-electron chi connectivity index (χ2n) is 4.43. The molecule has 2 heteroatoms. The first kappa shape index (κ1) is 12.3. The molecule has 0 amide bonds. The summed E-state index contributed by atoms with van der Waals surface area (Å²) in [6, 6.07) is 17.7. The number of hydrogen-bond acceptors (Lipinski definition) is 2. The van der Waals surface area contributed by atoms with E-state index in [1.165, 1.54) is 0 Å². The van der Waals surface area contributed by atoms with E-state index in [0.717, 1.165) is 33.5 Å². The molecule has 0 unspecified atom stereocenters. The second-order valence-corrected chi connectivity index (χ2v) is 4.43. The smallest absolute Gasteiger partial charge is 0.145 e. The van der Waals surface area contributed by atoms with Crippen LogP contribution >= 0.6 is 0 Å². The van der Waals surface area contributed by atoms with Crippen LogP contribution in [0.4, 0.5) is 0 Å². The molecule has 2 nitrogen and oxygen atoms in total. The van der Waals surface area contributed by atoms with Crippen LogP contribution in [-0.2, 0) is 0 Å². The molecule has 0 radical (unpaired) electrons. The number of nitrogens with zero attached hydrogens (tertiary/aromatic N) is 1. The SMILES string of the molecule is C#Cc1cc2cccc(OC)c2nc1-c1ccccc1. The molecule has 0 aliphatic carbocycles. The molecular weight excluding hydrogens is 246 g/mol. The summed E-state index contributed by atoms with van der Waals surface area (Å²) in [5.41, 5.74) is 3.43. The Labute approximate surface area is 118 Å². The molecule has 3 rings (SSSR count). The quantitative estimate of drug-likeness (QED) is 0.651. The average molecular weight is 259 g/mol.